The fraction of sp³-hybridized carbons (Fsp3) is 0.923. The van der Waals surface area contributed by atoms with Crippen molar-refractivity contribution in [2.24, 2.45) is 0 Å². The number of carbonyl (C=O) groups excluding carboxylic acids is 2. The molecule has 0 aliphatic rings. The molecule has 0 amide bonds. The maximum atomic E-state index is 12.6. The highest BCUT2D eigenvalue weighted by molar-refractivity contribution is 7.47. The number of hydrogen-bond acceptors (Lipinski definition) is 7. The van der Waals surface area contributed by atoms with Gasteiger partial charge in [0.2, 0.25) is 0 Å². The molecule has 8 nitrogen and oxygen atoms in total. The number of hydrogen-bond donors (Lipinski definition) is 1. The van der Waals surface area contributed by atoms with Gasteiger partial charge < -0.3 is 14.4 Å². The summed E-state index contributed by atoms with van der Waals surface area (Å²) < 4.78 is 32.8. The van der Waals surface area contributed by atoms with Gasteiger partial charge in [0.05, 0.1) is 13.2 Å². The van der Waals surface area contributed by atoms with Gasteiger partial charge in [-0.05, 0) is 45.4 Å². The van der Waals surface area contributed by atoms with Crippen LogP contribution in [-0.2, 0) is 32.7 Å². The lowest BCUT2D eigenvalue weighted by Crippen LogP contribution is -2.29. The van der Waals surface area contributed by atoms with E-state index >= 15 is 0 Å². The highest BCUT2D eigenvalue weighted by Crippen LogP contribution is 2.43. The first-order valence-electron chi connectivity index (χ1n) is 26.5. The third-order valence-electron chi connectivity index (χ3n) is 11.8. The SMILES string of the molecule is CCCCCCCCCC/C=C\CCCCCCCCCCCC(=O)OC(COC(=O)CCCCCCCCCCCCCCCCCCCCCC)COP(=O)(O)OCC. The number of rotatable bonds is 50. The summed E-state index contributed by atoms with van der Waals surface area (Å²) in [4.78, 5) is 35.0. The molecule has 2 atom stereocenters. The van der Waals surface area contributed by atoms with Crippen molar-refractivity contribution >= 4 is 19.8 Å². The molecule has 0 heterocycles. The molecule has 0 bridgehead atoms. The summed E-state index contributed by atoms with van der Waals surface area (Å²) in [5.41, 5.74) is 0. The number of phosphoric acid groups is 1. The molecule has 2 unspecified atom stereocenters. The van der Waals surface area contributed by atoms with Gasteiger partial charge in [-0.1, -0.05) is 238 Å². The zero-order valence-electron chi connectivity index (χ0n) is 40.6. The number of ether oxygens (including phenoxy) is 2. The average Bonchev–Trinajstić information content (AvgIpc) is 3.24. The van der Waals surface area contributed by atoms with E-state index in [1.165, 1.54) is 212 Å². The van der Waals surface area contributed by atoms with Gasteiger partial charge in [0.25, 0.3) is 0 Å². The summed E-state index contributed by atoms with van der Waals surface area (Å²) in [7, 11) is -4.28. The van der Waals surface area contributed by atoms with Crippen molar-refractivity contribution in [1.29, 1.82) is 0 Å². The summed E-state index contributed by atoms with van der Waals surface area (Å²) in [6.07, 6.45) is 54.2. The summed E-state index contributed by atoms with van der Waals surface area (Å²) in [6.45, 7) is 5.54. The topological polar surface area (TPSA) is 108 Å². The second-order valence-electron chi connectivity index (χ2n) is 17.9. The minimum Gasteiger partial charge on any atom is -0.462 e. The molecule has 9 heteroatoms. The Kier molecular flexibility index (Phi) is 47.3. The smallest absolute Gasteiger partial charge is 0.462 e. The maximum absolute atomic E-state index is 12.6. The van der Waals surface area contributed by atoms with Crippen molar-refractivity contribution in [2.45, 2.75) is 290 Å². The Labute approximate surface area is 378 Å². The van der Waals surface area contributed by atoms with Crippen LogP contribution in [0.3, 0.4) is 0 Å². The van der Waals surface area contributed by atoms with Crippen LogP contribution in [0.25, 0.3) is 0 Å². The molecule has 61 heavy (non-hydrogen) atoms. The molecule has 0 aliphatic heterocycles. The van der Waals surface area contributed by atoms with Gasteiger partial charge in [0.15, 0.2) is 6.10 Å². The quantitative estimate of drug-likeness (QED) is 0.0278. The monoisotopic (exact) mass is 885 g/mol. The number of phosphoric ester groups is 1. The molecule has 0 aromatic rings. The lowest BCUT2D eigenvalue weighted by molar-refractivity contribution is -0.161. The van der Waals surface area contributed by atoms with Gasteiger partial charge in [-0.25, -0.2) is 4.57 Å². The van der Waals surface area contributed by atoms with E-state index < -0.39 is 19.9 Å². The molecule has 362 valence electrons. The standard InChI is InChI=1S/C52H101O8P/c1-4-7-9-11-13-15-17-19-21-23-25-27-29-31-33-35-37-39-41-43-45-47-52(54)60-50(49-59-61(55,56)58-6-3)48-57-51(53)46-44-42-40-38-36-34-32-30-28-26-24-22-20-18-16-14-12-10-8-5-2/h23,25,50H,4-22,24,26-49H2,1-3H3,(H,55,56)/b25-23-. The van der Waals surface area contributed by atoms with E-state index in [1.807, 2.05) is 0 Å². The number of allylic oxidation sites excluding steroid dienone is 2. The van der Waals surface area contributed by atoms with Crippen LogP contribution >= 0.6 is 7.82 Å². The normalized spacial score (nSPS) is 13.2. The van der Waals surface area contributed by atoms with Crippen LogP contribution in [0.15, 0.2) is 12.2 Å². The summed E-state index contributed by atoms with van der Waals surface area (Å²) >= 11 is 0. The average molecular weight is 885 g/mol. The van der Waals surface area contributed by atoms with E-state index in [2.05, 4.69) is 26.0 Å². The van der Waals surface area contributed by atoms with Gasteiger partial charge in [0.1, 0.15) is 6.61 Å². The molecule has 0 radical (unpaired) electrons. The lowest BCUT2D eigenvalue weighted by atomic mass is 10.0. The molecule has 1 N–H and O–H groups in total. The minimum absolute atomic E-state index is 0.00374. The van der Waals surface area contributed by atoms with E-state index in [0.717, 1.165) is 32.1 Å². The Morgan fingerprint density at radius 3 is 1.08 bits per heavy atom. The molecular weight excluding hydrogens is 784 g/mol. The van der Waals surface area contributed by atoms with E-state index in [-0.39, 0.29) is 32.2 Å². The van der Waals surface area contributed by atoms with Gasteiger partial charge in [-0.3, -0.25) is 18.6 Å². The zero-order chi connectivity index (χ0) is 44.6. The molecule has 0 aromatic heterocycles. The summed E-state index contributed by atoms with van der Waals surface area (Å²) in [6, 6.07) is 0. The second-order valence-corrected chi connectivity index (χ2v) is 19.4. The van der Waals surface area contributed by atoms with Crippen LogP contribution < -0.4 is 0 Å². The first-order chi connectivity index (χ1) is 29.8. The fourth-order valence-corrected chi connectivity index (χ4v) is 8.68. The Morgan fingerprint density at radius 2 is 0.738 bits per heavy atom. The minimum atomic E-state index is -4.28. The van der Waals surface area contributed by atoms with Crippen LogP contribution in [0.4, 0.5) is 0 Å². The van der Waals surface area contributed by atoms with Crippen molar-refractivity contribution in [2.75, 3.05) is 19.8 Å². The van der Waals surface area contributed by atoms with Crippen molar-refractivity contribution in [3.05, 3.63) is 12.2 Å². The van der Waals surface area contributed by atoms with Gasteiger partial charge >= 0.3 is 19.8 Å². The van der Waals surface area contributed by atoms with E-state index in [4.69, 9.17) is 18.5 Å². The molecule has 0 saturated heterocycles. The van der Waals surface area contributed by atoms with Crippen LogP contribution in [-0.4, -0.2) is 42.8 Å². The van der Waals surface area contributed by atoms with Crippen LogP contribution in [0.2, 0.25) is 0 Å². The van der Waals surface area contributed by atoms with Crippen LogP contribution in [0, 0.1) is 0 Å². The van der Waals surface area contributed by atoms with E-state index in [0.29, 0.717) is 12.8 Å². The van der Waals surface area contributed by atoms with Gasteiger partial charge in [-0.15, -0.1) is 0 Å². The number of carbonyl (C=O) groups is 2. The van der Waals surface area contributed by atoms with Gasteiger partial charge in [0, 0.05) is 12.8 Å². The molecule has 0 aliphatic carbocycles. The number of unbranched alkanes of at least 4 members (excludes halogenated alkanes) is 36. The highest BCUT2D eigenvalue weighted by atomic mass is 31.2. The highest BCUT2D eigenvalue weighted by Gasteiger charge is 2.25. The van der Waals surface area contributed by atoms with Crippen molar-refractivity contribution in [1.82, 2.24) is 0 Å². The lowest BCUT2D eigenvalue weighted by Gasteiger charge is -2.19. The molecule has 0 fully saturated rings. The van der Waals surface area contributed by atoms with Crippen molar-refractivity contribution < 1.29 is 37.6 Å². The number of esters is 2. The van der Waals surface area contributed by atoms with Gasteiger partial charge in [-0.2, -0.15) is 0 Å². The first kappa shape index (κ1) is 59.8. The summed E-state index contributed by atoms with van der Waals surface area (Å²) in [5.74, 6) is -0.781. The molecule has 0 aromatic carbocycles. The van der Waals surface area contributed by atoms with E-state index in [1.54, 1.807) is 6.92 Å². The van der Waals surface area contributed by atoms with Crippen molar-refractivity contribution in [3.63, 3.8) is 0 Å². The Bertz CT molecular complexity index is 1000. The predicted octanol–water partition coefficient (Wildman–Crippen LogP) is 17.2. The Morgan fingerprint density at radius 1 is 0.426 bits per heavy atom. The molecule has 0 spiro atoms. The largest absolute Gasteiger partial charge is 0.472 e. The Hall–Kier alpha value is -1.21. The van der Waals surface area contributed by atoms with Crippen LogP contribution in [0.1, 0.15) is 284 Å². The van der Waals surface area contributed by atoms with Crippen LogP contribution in [0.5, 0.6) is 0 Å². The third-order valence-corrected chi connectivity index (χ3v) is 12.9. The Balaban J connectivity index is 3.93. The third kappa shape index (κ3) is 48.1. The first-order valence-corrected chi connectivity index (χ1v) is 28.0. The zero-order valence-corrected chi connectivity index (χ0v) is 41.5. The van der Waals surface area contributed by atoms with Crippen molar-refractivity contribution in [3.8, 4) is 0 Å². The molecule has 0 saturated carbocycles. The fourth-order valence-electron chi connectivity index (χ4n) is 7.92. The molecule has 0 rings (SSSR count). The maximum Gasteiger partial charge on any atom is 0.472 e. The predicted molar refractivity (Wildman–Crippen MR) is 258 cm³/mol. The van der Waals surface area contributed by atoms with E-state index in [9.17, 15) is 19.0 Å². The molecular formula is C52H101O8P. The second kappa shape index (κ2) is 48.3. The summed E-state index contributed by atoms with van der Waals surface area (Å²) in [5, 5.41) is 0.